The van der Waals surface area contributed by atoms with Crippen LogP contribution in [0.4, 0.5) is 4.39 Å². The summed E-state index contributed by atoms with van der Waals surface area (Å²) in [4.78, 5) is 0. The van der Waals surface area contributed by atoms with Crippen molar-refractivity contribution in [3.63, 3.8) is 0 Å². The van der Waals surface area contributed by atoms with Gasteiger partial charge in [0.1, 0.15) is 0 Å². The van der Waals surface area contributed by atoms with Crippen LogP contribution in [0.25, 0.3) is 28.1 Å². The number of nitrogens with zero attached hydrogens (tertiary/aromatic N) is 2. The second-order valence-corrected chi connectivity index (χ2v) is 8.67. The zero-order valence-corrected chi connectivity index (χ0v) is 19.2. The van der Waals surface area contributed by atoms with Crippen LogP contribution in [0.15, 0.2) is 84.0 Å². The van der Waals surface area contributed by atoms with Crippen LogP contribution in [0.5, 0.6) is 0 Å². The maximum absolute atomic E-state index is 14.4. The molecule has 6 N–H and O–H groups in total. The number of nitrogens with two attached hydrogens (primary N) is 2. The number of aromatic amines is 1. The predicted molar refractivity (Wildman–Crippen MR) is 140 cm³/mol. The van der Waals surface area contributed by atoms with Gasteiger partial charge in [0.2, 0.25) is 5.95 Å². The van der Waals surface area contributed by atoms with Crippen molar-refractivity contribution >= 4 is 34.0 Å². The minimum atomic E-state index is -0.419. The SMILES string of the molecule is N/N=C(/C=C/c1ccc(/C(=C(\c2ccccc2)C2CCC2)c2ccc3n[nH]c(F)c3c2)cc1)NN. The van der Waals surface area contributed by atoms with Crippen LogP contribution < -0.4 is 17.1 Å². The summed E-state index contributed by atoms with van der Waals surface area (Å²) in [5.74, 6) is 11.1. The summed E-state index contributed by atoms with van der Waals surface area (Å²) in [6, 6.07) is 24.6. The maximum atomic E-state index is 14.4. The number of amidine groups is 1. The van der Waals surface area contributed by atoms with E-state index in [0.29, 0.717) is 22.7 Å². The molecule has 0 saturated heterocycles. The minimum absolute atomic E-state index is 0.376. The molecule has 4 aromatic rings. The average molecular weight is 467 g/mol. The Bertz CT molecular complexity index is 1410. The van der Waals surface area contributed by atoms with Gasteiger partial charge in [0.25, 0.3) is 0 Å². The highest BCUT2D eigenvalue weighted by Crippen LogP contribution is 2.45. The standard InChI is InChI=1S/C28H27FN6/c29-28-23-17-22(14-15-24(23)34-35-28)27(26(20-7-4-8-20)19-5-2-1-3-6-19)21-12-9-18(10-13-21)11-16-25(32-30)33-31/h1-3,5-6,9-17,20H,4,7-8,30-31H2,(H,32,33)(H,34,35)/b16-11+,27-26-. The van der Waals surface area contributed by atoms with Gasteiger partial charge in [-0.2, -0.15) is 14.6 Å². The number of halogens is 1. The van der Waals surface area contributed by atoms with Crippen LogP contribution in [0.3, 0.4) is 0 Å². The molecule has 176 valence electrons. The molecule has 1 saturated carbocycles. The molecule has 0 unspecified atom stereocenters. The lowest BCUT2D eigenvalue weighted by molar-refractivity contribution is 0.401. The number of aromatic nitrogens is 2. The number of hydrazine groups is 1. The minimum Gasteiger partial charge on any atom is -0.321 e. The highest BCUT2D eigenvalue weighted by molar-refractivity contribution is 6.01. The van der Waals surface area contributed by atoms with Crippen molar-refractivity contribution in [3.8, 4) is 0 Å². The number of rotatable bonds is 6. The van der Waals surface area contributed by atoms with Crippen LogP contribution in [0.1, 0.15) is 41.5 Å². The molecule has 0 radical (unpaired) electrons. The topological polar surface area (TPSA) is 105 Å². The number of hydrogen-bond acceptors (Lipinski definition) is 4. The summed E-state index contributed by atoms with van der Waals surface area (Å²) in [5.41, 5.74) is 9.68. The van der Waals surface area contributed by atoms with Gasteiger partial charge in [-0.3, -0.25) is 5.10 Å². The van der Waals surface area contributed by atoms with Crippen molar-refractivity contribution in [1.29, 1.82) is 0 Å². The Balaban J connectivity index is 1.68. The molecule has 0 amide bonds. The summed E-state index contributed by atoms with van der Waals surface area (Å²) >= 11 is 0. The summed E-state index contributed by atoms with van der Waals surface area (Å²) in [5, 5.41) is 10.6. The van der Waals surface area contributed by atoms with Crippen molar-refractivity contribution in [2.45, 2.75) is 19.3 Å². The van der Waals surface area contributed by atoms with E-state index in [1.54, 1.807) is 6.08 Å². The van der Waals surface area contributed by atoms with Crippen molar-refractivity contribution in [2.24, 2.45) is 22.7 Å². The first-order chi connectivity index (χ1) is 17.2. The molecule has 0 atom stereocenters. The predicted octanol–water partition coefficient (Wildman–Crippen LogP) is 5.21. The lowest BCUT2D eigenvalue weighted by Gasteiger charge is -2.31. The molecular formula is C28H27FN6. The third kappa shape index (κ3) is 4.58. The first-order valence-corrected chi connectivity index (χ1v) is 11.6. The molecule has 1 aliphatic carbocycles. The second-order valence-electron chi connectivity index (χ2n) is 8.67. The maximum Gasteiger partial charge on any atom is 0.216 e. The fraction of sp³-hybridized carbons (Fsp3) is 0.143. The molecule has 1 aromatic heterocycles. The molecule has 1 fully saturated rings. The van der Waals surface area contributed by atoms with Gasteiger partial charge in [-0.15, -0.1) is 0 Å². The van der Waals surface area contributed by atoms with Gasteiger partial charge >= 0.3 is 0 Å². The van der Waals surface area contributed by atoms with Crippen LogP contribution in [-0.4, -0.2) is 16.0 Å². The number of nitrogens with one attached hydrogen (secondary N) is 2. The number of allylic oxidation sites excluding steroid dienone is 1. The van der Waals surface area contributed by atoms with Gasteiger partial charge in [-0.25, -0.2) is 5.84 Å². The molecule has 0 aliphatic heterocycles. The van der Waals surface area contributed by atoms with Crippen LogP contribution in [-0.2, 0) is 0 Å². The molecule has 0 bridgehead atoms. The fourth-order valence-electron chi connectivity index (χ4n) is 4.58. The van der Waals surface area contributed by atoms with E-state index in [0.717, 1.165) is 35.1 Å². The molecule has 0 spiro atoms. The number of benzene rings is 3. The number of hydrogen-bond donors (Lipinski definition) is 4. The summed E-state index contributed by atoms with van der Waals surface area (Å²) in [6.07, 6.45) is 7.10. The van der Waals surface area contributed by atoms with E-state index in [2.05, 4.69) is 57.1 Å². The molecule has 1 heterocycles. The summed E-state index contributed by atoms with van der Waals surface area (Å²) in [6.45, 7) is 0. The van der Waals surface area contributed by atoms with Crippen LogP contribution in [0.2, 0.25) is 0 Å². The van der Waals surface area contributed by atoms with E-state index in [4.69, 9.17) is 11.7 Å². The van der Waals surface area contributed by atoms with Crippen LogP contribution >= 0.6 is 0 Å². The summed E-state index contributed by atoms with van der Waals surface area (Å²) in [7, 11) is 0. The lowest BCUT2D eigenvalue weighted by Crippen LogP contribution is -2.29. The Morgan fingerprint density at radius 2 is 1.74 bits per heavy atom. The Morgan fingerprint density at radius 3 is 2.40 bits per heavy atom. The quantitative estimate of drug-likeness (QED) is 0.103. The number of hydrazone groups is 1. The van der Waals surface area contributed by atoms with E-state index < -0.39 is 5.95 Å². The zero-order chi connectivity index (χ0) is 24.2. The average Bonchev–Trinajstić information content (AvgIpc) is 3.24. The molecule has 6 nitrogen and oxygen atoms in total. The Morgan fingerprint density at radius 1 is 1.00 bits per heavy atom. The van der Waals surface area contributed by atoms with Gasteiger partial charge in [0.05, 0.1) is 10.9 Å². The monoisotopic (exact) mass is 466 g/mol. The Hall–Kier alpha value is -4.23. The third-order valence-corrected chi connectivity index (χ3v) is 6.58. The van der Waals surface area contributed by atoms with E-state index >= 15 is 0 Å². The smallest absolute Gasteiger partial charge is 0.216 e. The molecule has 1 aliphatic rings. The highest BCUT2D eigenvalue weighted by atomic mass is 19.1. The lowest BCUT2D eigenvalue weighted by atomic mass is 9.73. The van der Waals surface area contributed by atoms with Gasteiger partial charge in [-0.1, -0.05) is 73.2 Å². The molecule has 5 rings (SSSR count). The van der Waals surface area contributed by atoms with Crippen molar-refractivity contribution in [1.82, 2.24) is 15.6 Å². The van der Waals surface area contributed by atoms with Crippen molar-refractivity contribution in [3.05, 3.63) is 107 Å². The van der Waals surface area contributed by atoms with E-state index in [1.165, 1.54) is 17.6 Å². The van der Waals surface area contributed by atoms with E-state index in [9.17, 15) is 4.39 Å². The van der Waals surface area contributed by atoms with E-state index in [1.807, 2.05) is 42.5 Å². The Kier molecular flexibility index (Phi) is 6.41. The highest BCUT2D eigenvalue weighted by Gasteiger charge is 2.27. The number of fused-ring (bicyclic) bond motifs is 1. The normalized spacial score (nSPS) is 15.3. The van der Waals surface area contributed by atoms with Gasteiger partial charge < -0.3 is 11.3 Å². The van der Waals surface area contributed by atoms with Gasteiger partial charge in [0.15, 0.2) is 5.84 Å². The summed E-state index contributed by atoms with van der Waals surface area (Å²) < 4.78 is 14.4. The van der Waals surface area contributed by atoms with Gasteiger partial charge in [-0.05, 0) is 70.4 Å². The molecular weight excluding hydrogens is 439 g/mol. The first-order valence-electron chi connectivity index (χ1n) is 11.6. The molecule has 7 heteroatoms. The largest absolute Gasteiger partial charge is 0.321 e. The van der Waals surface area contributed by atoms with Crippen LogP contribution in [0, 0.1) is 11.9 Å². The van der Waals surface area contributed by atoms with Crippen molar-refractivity contribution < 1.29 is 4.39 Å². The fourth-order valence-corrected chi connectivity index (χ4v) is 4.58. The van der Waals surface area contributed by atoms with Gasteiger partial charge in [0, 0.05) is 0 Å². The van der Waals surface area contributed by atoms with E-state index in [-0.39, 0.29) is 0 Å². The number of H-pyrrole nitrogens is 1. The van der Waals surface area contributed by atoms with Crippen molar-refractivity contribution in [2.75, 3.05) is 0 Å². The first kappa shape index (κ1) is 22.6. The Labute approximate surface area is 203 Å². The molecule has 35 heavy (non-hydrogen) atoms. The zero-order valence-electron chi connectivity index (χ0n) is 19.2. The third-order valence-electron chi connectivity index (χ3n) is 6.58. The second kappa shape index (κ2) is 9.95. The molecule has 3 aromatic carbocycles.